The number of allylic oxidation sites excluding steroid dienone is 2. The van der Waals surface area contributed by atoms with Crippen LogP contribution in [0.3, 0.4) is 0 Å². The number of hydrogen-bond acceptors (Lipinski definition) is 3. The largest absolute Gasteiger partial charge is 0.497 e. The molecule has 0 aliphatic heterocycles. The fraction of sp³-hybridized carbons (Fsp3) is 0.150. The average molecular weight is 324 g/mol. The van der Waals surface area contributed by atoms with E-state index in [1.165, 1.54) is 0 Å². The van der Waals surface area contributed by atoms with Crippen LogP contribution in [-0.2, 0) is 4.79 Å². The van der Waals surface area contributed by atoms with Gasteiger partial charge in [0.15, 0.2) is 0 Å². The summed E-state index contributed by atoms with van der Waals surface area (Å²) in [5.74, 6) is 0.663. The number of carboxylic acid groups (broad SMARTS) is 1. The third-order valence-corrected chi connectivity index (χ3v) is 3.45. The van der Waals surface area contributed by atoms with E-state index in [9.17, 15) is 4.79 Å². The zero-order valence-corrected chi connectivity index (χ0v) is 13.7. The Morgan fingerprint density at radius 3 is 2.00 bits per heavy atom. The number of methoxy groups -OCH3 is 2. The zero-order valence-electron chi connectivity index (χ0n) is 13.7. The molecule has 0 saturated heterocycles. The molecule has 2 rings (SSSR count). The molecule has 0 amide bonds. The Kier molecular flexibility index (Phi) is 6.20. The van der Waals surface area contributed by atoms with Crippen molar-refractivity contribution in [2.45, 2.75) is 6.42 Å². The second kappa shape index (κ2) is 8.58. The maximum Gasteiger partial charge on any atom is 0.307 e. The molecule has 0 spiro atoms. The molecule has 2 aromatic rings. The maximum absolute atomic E-state index is 10.6. The van der Waals surface area contributed by atoms with Crippen molar-refractivity contribution in [1.82, 2.24) is 0 Å². The summed E-state index contributed by atoms with van der Waals surface area (Å²) in [5.41, 5.74) is 2.90. The minimum Gasteiger partial charge on any atom is -0.497 e. The van der Waals surface area contributed by atoms with Crippen LogP contribution in [0.5, 0.6) is 11.5 Å². The van der Waals surface area contributed by atoms with Crippen LogP contribution in [0.1, 0.15) is 17.5 Å². The van der Waals surface area contributed by atoms with Crippen LogP contribution >= 0.6 is 0 Å². The van der Waals surface area contributed by atoms with E-state index in [-0.39, 0.29) is 6.42 Å². The summed E-state index contributed by atoms with van der Waals surface area (Å²) < 4.78 is 10.6. The van der Waals surface area contributed by atoms with Gasteiger partial charge in [0.25, 0.3) is 0 Å². The number of carboxylic acids is 1. The van der Waals surface area contributed by atoms with Gasteiger partial charge in [-0.3, -0.25) is 4.79 Å². The third-order valence-electron chi connectivity index (χ3n) is 3.45. The highest BCUT2D eigenvalue weighted by Crippen LogP contribution is 2.28. The lowest BCUT2D eigenvalue weighted by Crippen LogP contribution is -1.92. The smallest absolute Gasteiger partial charge is 0.307 e. The molecule has 0 saturated carbocycles. The number of ether oxygens (including phenoxy) is 2. The first-order chi connectivity index (χ1) is 11.6. The molecule has 0 aliphatic carbocycles. The van der Waals surface area contributed by atoms with Crippen molar-refractivity contribution in [3.63, 3.8) is 0 Å². The van der Waals surface area contributed by atoms with Crippen molar-refractivity contribution in [3.05, 3.63) is 77.9 Å². The summed E-state index contributed by atoms with van der Waals surface area (Å²) in [5, 5.41) is 8.74. The monoisotopic (exact) mass is 324 g/mol. The average Bonchev–Trinajstić information content (AvgIpc) is 2.61. The van der Waals surface area contributed by atoms with Gasteiger partial charge in [0.1, 0.15) is 11.5 Å². The number of rotatable bonds is 7. The van der Waals surface area contributed by atoms with Gasteiger partial charge in [-0.25, -0.2) is 0 Å². The van der Waals surface area contributed by atoms with E-state index in [0.717, 1.165) is 28.2 Å². The van der Waals surface area contributed by atoms with Crippen LogP contribution in [0, 0.1) is 0 Å². The summed E-state index contributed by atoms with van der Waals surface area (Å²) in [4.78, 5) is 10.6. The van der Waals surface area contributed by atoms with Crippen molar-refractivity contribution in [2.75, 3.05) is 14.2 Å². The predicted molar refractivity (Wildman–Crippen MR) is 94.5 cm³/mol. The van der Waals surface area contributed by atoms with Crippen molar-refractivity contribution in [3.8, 4) is 11.5 Å². The summed E-state index contributed by atoms with van der Waals surface area (Å²) in [6.45, 7) is 0. The minimum atomic E-state index is -0.857. The van der Waals surface area contributed by atoms with E-state index in [1.54, 1.807) is 26.4 Å². The molecule has 4 heteroatoms. The molecular weight excluding hydrogens is 304 g/mol. The van der Waals surface area contributed by atoms with Gasteiger partial charge >= 0.3 is 5.97 Å². The van der Waals surface area contributed by atoms with Gasteiger partial charge in [0.05, 0.1) is 20.6 Å². The van der Waals surface area contributed by atoms with E-state index in [1.807, 2.05) is 54.6 Å². The highest BCUT2D eigenvalue weighted by atomic mass is 16.5. The van der Waals surface area contributed by atoms with Crippen LogP contribution in [0.15, 0.2) is 66.8 Å². The van der Waals surface area contributed by atoms with Crippen LogP contribution in [0.25, 0.3) is 5.57 Å². The Morgan fingerprint density at radius 2 is 1.54 bits per heavy atom. The molecule has 0 aliphatic rings. The number of aliphatic carboxylic acids is 1. The molecule has 0 heterocycles. The SMILES string of the molecule is COc1cccc(C(=C/C=C/CC(=O)O)c2cccc(OC)c2)c1. The van der Waals surface area contributed by atoms with Crippen LogP contribution in [0.2, 0.25) is 0 Å². The second-order valence-corrected chi connectivity index (χ2v) is 5.07. The van der Waals surface area contributed by atoms with Gasteiger partial charge in [-0.1, -0.05) is 42.5 Å². The number of benzene rings is 2. The van der Waals surface area contributed by atoms with Gasteiger partial charge in [0, 0.05) is 0 Å². The maximum atomic E-state index is 10.6. The summed E-state index contributed by atoms with van der Waals surface area (Å²) in [7, 11) is 3.25. The summed E-state index contributed by atoms with van der Waals surface area (Å²) >= 11 is 0. The van der Waals surface area contributed by atoms with Gasteiger partial charge in [-0.15, -0.1) is 0 Å². The van der Waals surface area contributed by atoms with Crippen molar-refractivity contribution in [1.29, 1.82) is 0 Å². The minimum absolute atomic E-state index is 0.0139. The molecule has 24 heavy (non-hydrogen) atoms. The first-order valence-electron chi connectivity index (χ1n) is 7.51. The molecule has 0 fully saturated rings. The van der Waals surface area contributed by atoms with Crippen LogP contribution < -0.4 is 9.47 Å². The first kappa shape index (κ1) is 17.3. The van der Waals surface area contributed by atoms with Gasteiger partial charge in [-0.05, 0) is 41.0 Å². The normalized spacial score (nSPS) is 10.4. The lowest BCUT2D eigenvalue weighted by Gasteiger charge is -2.11. The van der Waals surface area contributed by atoms with Gasteiger partial charge in [0.2, 0.25) is 0 Å². The third kappa shape index (κ3) is 4.74. The molecule has 0 unspecified atom stereocenters. The Hall–Kier alpha value is -3.01. The molecule has 4 nitrogen and oxygen atoms in total. The molecular formula is C20H20O4. The molecule has 0 aromatic heterocycles. The van der Waals surface area contributed by atoms with E-state index < -0.39 is 5.97 Å². The molecule has 0 atom stereocenters. The van der Waals surface area contributed by atoms with Gasteiger partial charge in [-0.2, -0.15) is 0 Å². The van der Waals surface area contributed by atoms with Crippen molar-refractivity contribution >= 4 is 11.5 Å². The van der Waals surface area contributed by atoms with Gasteiger partial charge < -0.3 is 14.6 Å². The molecule has 0 radical (unpaired) electrons. The molecule has 0 bridgehead atoms. The Balaban J connectivity index is 2.45. The Morgan fingerprint density at radius 1 is 1.00 bits per heavy atom. The quantitative estimate of drug-likeness (QED) is 0.777. The first-order valence-corrected chi connectivity index (χ1v) is 7.51. The Bertz CT molecular complexity index is 710. The van der Waals surface area contributed by atoms with Crippen LogP contribution in [0.4, 0.5) is 0 Å². The lowest BCUT2D eigenvalue weighted by molar-refractivity contribution is -0.136. The zero-order chi connectivity index (χ0) is 17.4. The van der Waals surface area contributed by atoms with Crippen LogP contribution in [-0.4, -0.2) is 25.3 Å². The van der Waals surface area contributed by atoms with E-state index in [4.69, 9.17) is 14.6 Å². The Labute approximate surface area is 141 Å². The predicted octanol–water partition coefficient (Wildman–Crippen LogP) is 4.17. The highest BCUT2D eigenvalue weighted by molar-refractivity contribution is 5.82. The van der Waals surface area contributed by atoms with Crippen molar-refractivity contribution in [2.24, 2.45) is 0 Å². The van der Waals surface area contributed by atoms with Crippen molar-refractivity contribution < 1.29 is 19.4 Å². The van der Waals surface area contributed by atoms with E-state index in [0.29, 0.717) is 0 Å². The standard InChI is InChI=1S/C20H20O4/c1-23-17-9-5-7-15(13-17)19(11-3-4-12-20(21)22)16-8-6-10-18(14-16)24-2/h3-11,13-14H,12H2,1-2H3,(H,21,22)/b4-3+. The summed E-state index contributed by atoms with van der Waals surface area (Å²) in [6, 6.07) is 15.5. The molecule has 1 N–H and O–H groups in total. The topological polar surface area (TPSA) is 55.8 Å². The van der Waals surface area contributed by atoms with E-state index >= 15 is 0 Å². The molecule has 2 aromatic carbocycles. The fourth-order valence-corrected chi connectivity index (χ4v) is 2.27. The summed E-state index contributed by atoms with van der Waals surface area (Å²) in [6.07, 6.45) is 5.25. The lowest BCUT2D eigenvalue weighted by atomic mass is 9.97. The number of hydrogen-bond donors (Lipinski definition) is 1. The highest BCUT2D eigenvalue weighted by Gasteiger charge is 2.07. The number of carbonyl (C=O) groups is 1. The molecule has 124 valence electrons. The van der Waals surface area contributed by atoms with E-state index in [2.05, 4.69) is 0 Å². The fourth-order valence-electron chi connectivity index (χ4n) is 2.27. The second-order valence-electron chi connectivity index (χ2n) is 5.07.